The zero-order valence-electron chi connectivity index (χ0n) is 13.7. The number of aryl methyl sites for hydroxylation is 1. The fraction of sp³-hybridized carbons (Fsp3) is 0.368. The minimum Gasteiger partial charge on any atom is -0.497 e. The Kier molecular flexibility index (Phi) is 3.45. The quantitative estimate of drug-likeness (QED) is 0.711. The highest BCUT2D eigenvalue weighted by Gasteiger charge is 2.73. The average Bonchev–Trinajstić information content (AvgIpc) is 2.66. The zero-order chi connectivity index (χ0) is 18.9. The summed E-state index contributed by atoms with van der Waals surface area (Å²) in [6, 6.07) is 5.05. The van der Waals surface area contributed by atoms with Gasteiger partial charge >= 0.3 is 0 Å². The molecule has 0 amide bonds. The first kappa shape index (κ1) is 17.0. The summed E-state index contributed by atoms with van der Waals surface area (Å²) in [4.78, 5) is 24.2. The molecule has 3 nitrogen and oxygen atoms in total. The van der Waals surface area contributed by atoms with Crippen molar-refractivity contribution >= 4 is 17.1 Å². The van der Waals surface area contributed by atoms with E-state index < -0.39 is 46.9 Å². The number of ether oxygens (including phenoxy) is 1. The van der Waals surface area contributed by atoms with Gasteiger partial charge in [-0.25, -0.2) is 8.78 Å². The summed E-state index contributed by atoms with van der Waals surface area (Å²) in [6.07, 6.45) is 0.758. The predicted molar refractivity (Wildman–Crippen MR) is 84.3 cm³/mol. The van der Waals surface area contributed by atoms with Crippen LogP contribution in [0.4, 0.5) is 17.6 Å². The fourth-order valence-corrected chi connectivity index (χ4v) is 4.30. The van der Waals surface area contributed by atoms with Gasteiger partial charge in [0.25, 0.3) is 0 Å². The number of methoxy groups -OCH3 is 1. The lowest BCUT2D eigenvalue weighted by Crippen LogP contribution is -2.66. The van der Waals surface area contributed by atoms with Gasteiger partial charge in [0.2, 0.25) is 34.6 Å². The van der Waals surface area contributed by atoms with Crippen LogP contribution >= 0.6 is 0 Å². The van der Waals surface area contributed by atoms with Crippen molar-refractivity contribution in [2.75, 3.05) is 7.11 Å². The Morgan fingerprint density at radius 1 is 1.12 bits per heavy atom. The van der Waals surface area contributed by atoms with Gasteiger partial charge in [-0.05, 0) is 41.7 Å². The van der Waals surface area contributed by atoms with Crippen molar-refractivity contribution in [2.45, 2.75) is 30.6 Å². The molecule has 0 heterocycles. The maximum Gasteiger partial charge on any atom is 0.235 e. The number of carbonyl (C=O) groups excluding carboxylic acids is 2. The molecule has 3 aliphatic rings. The van der Waals surface area contributed by atoms with Crippen molar-refractivity contribution in [1.82, 2.24) is 0 Å². The molecule has 4 rings (SSSR count). The van der Waals surface area contributed by atoms with E-state index in [0.717, 1.165) is 5.56 Å². The SMILES string of the molecule is COc1ccc2c(c1)CC[C@H]1C2=CC[C@]2(F)C(=O)C(F)=C(F)C(=O)[C@]12F. The number of fused-ring (bicyclic) bond motifs is 5. The highest BCUT2D eigenvalue weighted by Crippen LogP contribution is 2.57. The van der Waals surface area contributed by atoms with Gasteiger partial charge in [0.15, 0.2) is 0 Å². The Balaban J connectivity index is 1.90. The van der Waals surface area contributed by atoms with Gasteiger partial charge in [-0.15, -0.1) is 0 Å². The minimum absolute atomic E-state index is 0.0118. The Labute approximate surface area is 146 Å². The molecule has 3 atom stereocenters. The van der Waals surface area contributed by atoms with Crippen LogP contribution in [0, 0.1) is 5.92 Å². The Morgan fingerprint density at radius 2 is 1.81 bits per heavy atom. The lowest BCUT2D eigenvalue weighted by atomic mass is 9.57. The van der Waals surface area contributed by atoms with Crippen LogP contribution in [-0.4, -0.2) is 30.0 Å². The first-order chi connectivity index (χ1) is 12.3. The van der Waals surface area contributed by atoms with Crippen molar-refractivity contribution in [3.05, 3.63) is 47.1 Å². The van der Waals surface area contributed by atoms with Crippen molar-refractivity contribution < 1.29 is 31.9 Å². The van der Waals surface area contributed by atoms with Crippen LogP contribution in [0.5, 0.6) is 5.75 Å². The molecule has 26 heavy (non-hydrogen) atoms. The normalized spacial score (nSPS) is 33.3. The minimum atomic E-state index is -3.45. The lowest BCUT2D eigenvalue weighted by molar-refractivity contribution is -0.162. The molecule has 0 bridgehead atoms. The molecule has 1 aromatic carbocycles. The molecule has 0 saturated heterocycles. The van der Waals surface area contributed by atoms with Crippen LogP contribution in [0.3, 0.4) is 0 Å². The van der Waals surface area contributed by atoms with Gasteiger partial charge < -0.3 is 4.74 Å². The van der Waals surface area contributed by atoms with Gasteiger partial charge in [-0.2, -0.15) is 8.78 Å². The summed E-state index contributed by atoms with van der Waals surface area (Å²) in [5.41, 5.74) is -5.13. The fourth-order valence-electron chi connectivity index (χ4n) is 4.30. The van der Waals surface area contributed by atoms with Gasteiger partial charge in [0, 0.05) is 12.3 Å². The highest BCUT2D eigenvalue weighted by molar-refractivity contribution is 6.19. The van der Waals surface area contributed by atoms with E-state index in [-0.39, 0.29) is 12.8 Å². The molecule has 0 spiro atoms. The van der Waals surface area contributed by atoms with Gasteiger partial charge in [-0.3, -0.25) is 9.59 Å². The number of halogens is 4. The van der Waals surface area contributed by atoms with Crippen LogP contribution in [0.25, 0.3) is 5.57 Å². The summed E-state index contributed by atoms with van der Waals surface area (Å²) in [5.74, 6) is -8.90. The van der Waals surface area contributed by atoms with E-state index in [4.69, 9.17) is 4.74 Å². The van der Waals surface area contributed by atoms with E-state index >= 15 is 8.78 Å². The van der Waals surface area contributed by atoms with Crippen LogP contribution in [-0.2, 0) is 16.0 Å². The second-order valence-corrected chi connectivity index (χ2v) is 6.78. The number of rotatable bonds is 1. The van der Waals surface area contributed by atoms with Crippen molar-refractivity contribution in [1.29, 1.82) is 0 Å². The molecule has 0 N–H and O–H groups in total. The first-order valence-electron chi connectivity index (χ1n) is 8.15. The molecule has 0 saturated carbocycles. The van der Waals surface area contributed by atoms with Crippen LogP contribution in [0.2, 0.25) is 0 Å². The van der Waals surface area contributed by atoms with Crippen LogP contribution in [0.15, 0.2) is 35.9 Å². The highest BCUT2D eigenvalue weighted by atomic mass is 19.2. The number of hydrogen-bond acceptors (Lipinski definition) is 3. The standard InChI is InChI=1S/C19H14F4O3/c1-26-10-3-4-11-9(8-10)2-5-13-12(11)6-7-18(22)16(24)14(20)15(21)17(25)19(13,18)23/h3-4,6,8,13H,2,5,7H2,1H3/t13-,18-,19+/m0/s1. The summed E-state index contributed by atoms with van der Waals surface area (Å²) in [7, 11) is 1.50. The van der Waals surface area contributed by atoms with Crippen LogP contribution in [0.1, 0.15) is 24.0 Å². The number of ketones is 2. The molecule has 0 aromatic heterocycles. The van der Waals surface area contributed by atoms with Crippen molar-refractivity contribution in [2.24, 2.45) is 5.92 Å². The van der Waals surface area contributed by atoms with Gasteiger partial charge in [0.1, 0.15) is 5.75 Å². The third-order valence-electron chi connectivity index (χ3n) is 5.64. The monoisotopic (exact) mass is 366 g/mol. The smallest absolute Gasteiger partial charge is 0.235 e. The number of allylic oxidation sites excluding steroid dienone is 4. The molecule has 7 heteroatoms. The average molecular weight is 366 g/mol. The van der Waals surface area contributed by atoms with E-state index in [1.54, 1.807) is 18.2 Å². The third kappa shape index (κ3) is 1.83. The molecular formula is C19H14F4O3. The number of alkyl halides is 2. The topological polar surface area (TPSA) is 43.4 Å². The second-order valence-electron chi connectivity index (χ2n) is 6.78. The van der Waals surface area contributed by atoms with Crippen molar-refractivity contribution in [3.8, 4) is 5.75 Å². The molecule has 136 valence electrons. The molecule has 0 unspecified atom stereocenters. The molecule has 0 radical (unpaired) electrons. The van der Waals surface area contributed by atoms with E-state index in [2.05, 4.69) is 0 Å². The Hall–Kier alpha value is -2.44. The summed E-state index contributed by atoms with van der Waals surface area (Å²) >= 11 is 0. The van der Waals surface area contributed by atoms with E-state index in [1.807, 2.05) is 0 Å². The number of hydrogen-bond donors (Lipinski definition) is 0. The number of benzene rings is 1. The summed E-state index contributed by atoms with van der Waals surface area (Å²) in [5, 5.41) is 0. The van der Waals surface area contributed by atoms with E-state index in [9.17, 15) is 18.4 Å². The molecule has 3 aliphatic carbocycles. The molecule has 0 aliphatic heterocycles. The van der Waals surface area contributed by atoms with Gasteiger partial charge in [0.05, 0.1) is 7.11 Å². The van der Waals surface area contributed by atoms with Crippen molar-refractivity contribution in [3.63, 3.8) is 0 Å². The van der Waals surface area contributed by atoms with Crippen LogP contribution < -0.4 is 4.74 Å². The Morgan fingerprint density at radius 3 is 2.50 bits per heavy atom. The predicted octanol–water partition coefficient (Wildman–Crippen LogP) is 3.76. The third-order valence-corrected chi connectivity index (χ3v) is 5.64. The number of carbonyl (C=O) groups is 2. The maximum absolute atomic E-state index is 15.8. The van der Waals surface area contributed by atoms with E-state index in [1.165, 1.54) is 13.2 Å². The summed E-state index contributed by atoms with van der Waals surface area (Å²) < 4.78 is 63.7. The zero-order valence-corrected chi connectivity index (χ0v) is 13.7. The largest absolute Gasteiger partial charge is 0.497 e. The lowest BCUT2D eigenvalue weighted by Gasteiger charge is -2.48. The number of Topliss-reactive ketones (excluding diaryl/α,β-unsaturated/α-hetero) is 2. The molecule has 1 aromatic rings. The van der Waals surface area contributed by atoms with E-state index in [0.29, 0.717) is 16.9 Å². The first-order valence-corrected chi connectivity index (χ1v) is 8.15. The molecular weight excluding hydrogens is 352 g/mol. The molecule has 0 fully saturated rings. The summed E-state index contributed by atoms with van der Waals surface area (Å²) in [6.45, 7) is 0. The second kappa shape index (κ2) is 5.28. The van der Waals surface area contributed by atoms with Gasteiger partial charge in [-0.1, -0.05) is 12.1 Å². The maximum atomic E-state index is 15.8. The Bertz CT molecular complexity index is 919.